The number of aliphatic hydroxyl groups is 1. The third-order valence-corrected chi connectivity index (χ3v) is 3.21. The van der Waals surface area contributed by atoms with E-state index in [2.05, 4.69) is 18.7 Å². The number of hydrogen-bond acceptors (Lipinski definition) is 2. The maximum atomic E-state index is 9.49. The van der Waals surface area contributed by atoms with Crippen LogP contribution < -0.4 is 0 Å². The van der Waals surface area contributed by atoms with E-state index < -0.39 is 0 Å². The molecule has 1 saturated heterocycles. The van der Waals surface area contributed by atoms with Crippen LogP contribution in [0.5, 0.6) is 0 Å². The number of piperidine rings is 1. The van der Waals surface area contributed by atoms with Crippen molar-refractivity contribution in [2.45, 2.75) is 44.9 Å². The Morgan fingerprint density at radius 1 is 1.36 bits per heavy atom. The Morgan fingerprint density at radius 2 is 2.09 bits per heavy atom. The molecule has 2 heteroatoms. The predicted molar refractivity (Wildman–Crippen MR) is 44.4 cm³/mol. The molecule has 0 aromatic carbocycles. The lowest BCUT2D eigenvalue weighted by molar-refractivity contribution is 0.0612. The predicted octanol–water partition coefficient (Wildman–Crippen LogP) is 0.850. The van der Waals surface area contributed by atoms with E-state index in [1.807, 2.05) is 0 Å². The van der Waals surface area contributed by atoms with Gasteiger partial charge in [0, 0.05) is 18.6 Å². The van der Waals surface area contributed by atoms with Crippen LogP contribution in [0.25, 0.3) is 0 Å². The molecule has 0 aromatic heterocycles. The second kappa shape index (κ2) is 2.46. The van der Waals surface area contributed by atoms with Crippen LogP contribution in [0.4, 0.5) is 0 Å². The van der Waals surface area contributed by atoms with Crippen molar-refractivity contribution in [2.24, 2.45) is 5.92 Å². The summed E-state index contributed by atoms with van der Waals surface area (Å²) in [5.74, 6) is 0.586. The summed E-state index contributed by atoms with van der Waals surface area (Å²) in [5.41, 5.74) is 0. The first-order valence-electron chi connectivity index (χ1n) is 4.62. The molecule has 11 heavy (non-hydrogen) atoms. The van der Waals surface area contributed by atoms with Crippen molar-refractivity contribution in [1.29, 1.82) is 0 Å². The first-order valence-corrected chi connectivity index (χ1v) is 4.62. The molecule has 64 valence electrons. The van der Waals surface area contributed by atoms with Crippen LogP contribution in [0.2, 0.25) is 0 Å². The lowest BCUT2D eigenvalue weighted by Crippen LogP contribution is -2.41. The molecule has 2 bridgehead atoms. The molecule has 3 atom stereocenters. The van der Waals surface area contributed by atoms with Crippen LogP contribution in [-0.4, -0.2) is 34.7 Å². The first-order chi connectivity index (χ1) is 5.18. The smallest absolute Gasteiger partial charge is 0.0596 e. The van der Waals surface area contributed by atoms with E-state index in [1.54, 1.807) is 0 Å². The van der Waals surface area contributed by atoms with Crippen molar-refractivity contribution in [1.82, 2.24) is 4.90 Å². The van der Waals surface area contributed by atoms with Gasteiger partial charge in [-0.3, -0.25) is 4.90 Å². The highest BCUT2D eigenvalue weighted by Crippen LogP contribution is 2.38. The molecule has 2 nitrogen and oxygen atoms in total. The molecule has 0 radical (unpaired) electrons. The largest absolute Gasteiger partial charge is 0.393 e. The van der Waals surface area contributed by atoms with Crippen molar-refractivity contribution < 1.29 is 5.11 Å². The summed E-state index contributed by atoms with van der Waals surface area (Å²) in [7, 11) is 0. The summed E-state index contributed by atoms with van der Waals surface area (Å²) < 4.78 is 0. The maximum absolute atomic E-state index is 9.49. The van der Waals surface area contributed by atoms with Gasteiger partial charge in [-0.05, 0) is 32.6 Å². The zero-order chi connectivity index (χ0) is 8.01. The van der Waals surface area contributed by atoms with Gasteiger partial charge in [-0.15, -0.1) is 0 Å². The van der Waals surface area contributed by atoms with Crippen molar-refractivity contribution >= 4 is 0 Å². The molecule has 2 aliphatic rings. The molecule has 1 N–H and O–H groups in total. The molecule has 0 aromatic rings. The van der Waals surface area contributed by atoms with Crippen LogP contribution in [0.3, 0.4) is 0 Å². The van der Waals surface area contributed by atoms with Gasteiger partial charge < -0.3 is 5.11 Å². The minimum atomic E-state index is 0.00926. The fourth-order valence-electron chi connectivity index (χ4n) is 2.59. The third-order valence-electron chi connectivity index (χ3n) is 3.21. The Balaban J connectivity index is 2.02. The molecule has 2 rings (SSSR count). The summed E-state index contributed by atoms with van der Waals surface area (Å²) in [6.07, 6.45) is 2.26. The van der Waals surface area contributed by atoms with Gasteiger partial charge in [0.1, 0.15) is 0 Å². The second-order valence-electron chi connectivity index (χ2n) is 4.24. The molecular formula is C9H17NO. The minimum Gasteiger partial charge on any atom is -0.393 e. The van der Waals surface area contributed by atoms with Gasteiger partial charge in [-0.1, -0.05) is 0 Å². The molecule has 1 saturated carbocycles. The fourth-order valence-corrected chi connectivity index (χ4v) is 2.59. The molecule has 0 spiro atoms. The summed E-state index contributed by atoms with van der Waals surface area (Å²) in [5, 5.41) is 9.49. The number of aliphatic hydroxyl groups excluding tert-OH is 1. The van der Waals surface area contributed by atoms with Crippen molar-refractivity contribution in [3.63, 3.8) is 0 Å². The van der Waals surface area contributed by atoms with Gasteiger partial charge in [0.25, 0.3) is 0 Å². The molecule has 1 aliphatic carbocycles. The highest BCUT2D eigenvalue weighted by Gasteiger charge is 2.44. The van der Waals surface area contributed by atoms with E-state index in [4.69, 9.17) is 0 Å². The fraction of sp³-hybridized carbons (Fsp3) is 1.00. The van der Waals surface area contributed by atoms with Crippen LogP contribution in [0.15, 0.2) is 0 Å². The number of nitrogens with zero attached hydrogens (tertiary/aromatic N) is 1. The minimum absolute atomic E-state index is 0.00926. The SMILES string of the molecule is CC(C)N1CC2CC1CC2O. The van der Waals surface area contributed by atoms with Gasteiger partial charge in [0.2, 0.25) is 0 Å². The summed E-state index contributed by atoms with van der Waals surface area (Å²) in [4.78, 5) is 2.53. The molecule has 1 aliphatic heterocycles. The average Bonchev–Trinajstić information content (AvgIpc) is 2.43. The second-order valence-corrected chi connectivity index (χ2v) is 4.24. The first kappa shape index (κ1) is 7.56. The van der Waals surface area contributed by atoms with Gasteiger partial charge >= 0.3 is 0 Å². The molecule has 3 unspecified atom stereocenters. The Morgan fingerprint density at radius 3 is 2.45 bits per heavy atom. The molecule has 2 fully saturated rings. The van der Waals surface area contributed by atoms with Crippen molar-refractivity contribution in [3.05, 3.63) is 0 Å². The van der Waals surface area contributed by atoms with Gasteiger partial charge in [0.15, 0.2) is 0 Å². The van der Waals surface area contributed by atoms with Gasteiger partial charge in [-0.2, -0.15) is 0 Å². The standard InChI is InChI=1S/C9H17NO/c1-6(2)10-5-7-3-8(10)4-9(7)11/h6-9,11H,3-5H2,1-2H3. The van der Waals surface area contributed by atoms with Gasteiger partial charge in [0.05, 0.1) is 6.10 Å². The summed E-state index contributed by atoms with van der Waals surface area (Å²) in [6, 6.07) is 1.35. The van der Waals surface area contributed by atoms with E-state index in [9.17, 15) is 5.11 Å². The zero-order valence-electron chi connectivity index (χ0n) is 7.33. The number of fused-ring (bicyclic) bond motifs is 2. The quantitative estimate of drug-likeness (QED) is 0.607. The van der Waals surface area contributed by atoms with Crippen LogP contribution in [0.1, 0.15) is 26.7 Å². The Hall–Kier alpha value is -0.0800. The molecule has 0 amide bonds. The topological polar surface area (TPSA) is 23.5 Å². The summed E-state index contributed by atoms with van der Waals surface area (Å²) >= 11 is 0. The highest BCUT2D eigenvalue weighted by molar-refractivity contribution is 4.98. The van der Waals surface area contributed by atoms with E-state index in [0.29, 0.717) is 18.0 Å². The number of likely N-dealkylation sites (tertiary alicyclic amines) is 1. The molecular weight excluding hydrogens is 138 g/mol. The van der Waals surface area contributed by atoms with E-state index >= 15 is 0 Å². The van der Waals surface area contributed by atoms with Gasteiger partial charge in [-0.25, -0.2) is 0 Å². The van der Waals surface area contributed by atoms with Crippen molar-refractivity contribution in [3.8, 4) is 0 Å². The lowest BCUT2D eigenvalue weighted by Gasteiger charge is -2.32. The van der Waals surface area contributed by atoms with E-state index in [-0.39, 0.29) is 6.10 Å². The number of hydrogen-bond donors (Lipinski definition) is 1. The van der Waals surface area contributed by atoms with Crippen LogP contribution in [0, 0.1) is 5.92 Å². The monoisotopic (exact) mass is 155 g/mol. The Bertz CT molecular complexity index is 156. The van der Waals surface area contributed by atoms with E-state index in [0.717, 1.165) is 13.0 Å². The zero-order valence-corrected chi connectivity index (χ0v) is 7.33. The van der Waals surface area contributed by atoms with E-state index in [1.165, 1.54) is 6.42 Å². The Labute approximate surface area is 68.2 Å². The Kier molecular flexibility index (Phi) is 1.69. The normalized spacial score (nSPS) is 44.2. The maximum Gasteiger partial charge on any atom is 0.0596 e. The lowest BCUT2D eigenvalue weighted by atomic mass is 10.1. The average molecular weight is 155 g/mol. The van der Waals surface area contributed by atoms with Crippen LogP contribution >= 0.6 is 0 Å². The molecule has 1 heterocycles. The highest BCUT2D eigenvalue weighted by atomic mass is 16.3. The summed E-state index contributed by atoms with van der Waals surface area (Å²) in [6.45, 7) is 5.61. The number of rotatable bonds is 1. The van der Waals surface area contributed by atoms with Crippen molar-refractivity contribution in [2.75, 3.05) is 6.54 Å². The van der Waals surface area contributed by atoms with Crippen LogP contribution in [-0.2, 0) is 0 Å². The third kappa shape index (κ3) is 1.09.